The Morgan fingerprint density at radius 1 is 0.750 bits per heavy atom. The Balaban J connectivity index is 1.38. The molecule has 2 unspecified atom stereocenters. The predicted octanol–water partition coefficient (Wildman–Crippen LogP) is 7.34. The molecule has 28 heavy (non-hydrogen) atoms. The van der Waals surface area contributed by atoms with Crippen LogP contribution >= 0.6 is 0 Å². The van der Waals surface area contributed by atoms with Gasteiger partial charge in [-0.05, 0) is 51.4 Å². The topological polar surface area (TPSA) is 0 Å². The van der Waals surface area contributed by atoms with Gasteiger partial charge in [0.2, 0.25) is 0 Å². The molecule has 0 saturated carbocycles. The fraction of sp³-hybridized carbons (Fsp3) is 0.143. The fourth-order valence-corrected chi connectivity index (χ4v) is 5.30. The van der Waals surface area contributed by atoms with E-state index >= 15 is 0 Å². The van der Waals surface area contributed by atoms with E-state index in [2.05, 4.69) is 97.1 Å². The van der Waals surface area contributed by atoms with Crippen LogP contribution in [0.25, 0.3) is 21.9 Å². The molecule has 3 aromatic carbocycles. The summed E-state index contributed by atoms with van der Waals surface area (Å²) in [5, 5.41) is 2.72. The Morgan fingerprint density at radius 2 is 1.64 bits per heavy atom. The van der Waals surface area contributed by atoms with Crippen molar-refractivity contribution < 1.29 is 0 Å². The summed E-state index contributed by atoms with van der Waals surface area (Å²) in [5.41, 5.74) is 8.89. The van der Waals surface area contributed by atoms with Crippen molar-refractivity contribution in [3.63, 3.8) is 0 Å². The van der Waals surface area contributed by atoms with E-state index in [0.717, 1.165) is 6.42 Å². The molecule has 0 aliphatic heterocycles. The minimum atomic E-state index is 0.490. The van der Waals surface area contributed by atoms with Gasteiger partial charge in [0.1, 0.15) is 0 Å². The first-order chi connectivity index (χ1) is 13.9. The van der Waals surface area contributed by atoms with Gasteiger partial charge in [-0.15, -0.1) is 0 Å². The summed E-state index contributed by atoms with van der Waals surface area (Å²) < 4.78 is 0. The lowest BCUT2D eigenvalue weighted by Gasteiger charge is -2.19. The highest BCUT2D eigenvalue weighted by Gasteiger charge is 2.30. The van der Waals surface area contributed by atoms with E-state index in [1.54, 1.807) is 5.57 Å². The predicted molar refractivity (Wildman–Crippen MR) is 118 cm³/mol. The molecule has 0 saturated heterocycles. The third-order valence-corrected chi connectivity index (χ3v) is 6.62. The normalized spacial score (nSPS) is 21.3. The van der Waals surface area contributed by atoms with E-state index < -0.39 is 0 Å². The highest BCUT2D eigenvalue weighted by molar-refractivity contribution is 6.01. The van der Waals surface area contributed by atoms with Gasteiger partial charge in [-0.25, -0.2) is 0 Å². The van der Waals surface area contributed by atoms with E-state index in [4.69, 9.17) is 0 Å². The molecule has 0 N–H and O–H groups in total. The molecular formula is C28H22. The summed E-state index contributed by atoms with van der Waals surface area (Å²) in [6, 6.07) is 22.5. The highest BCUT2D eigenvalue weighted by atomic mass is 14.3. The van der Waals surface area contributed by atoms with Gasteiger partial charge < -0.3 is 0 Å². The van der Waals surface area contributed by atoms with Crippen molar-refractivity contribution in [2.75, 3.05) is 0 Å². The van der Waals surface area contributed by atoms with Crippen molar-refractivity contribution in [3.05, 3.63) is 119 Å². The first kappa shape index (κ1) is 15.9. The lowest BCUT2D eigenvalue weighted by Crippen LogP contribution is -2.04. The molecule has 0 heterocycles. The van der Waals surface area contributed by atoms with Crippen molar-refractivity contribution >= 4 is 10.8 Å². The molecule has 0 bridgehead atoms. The summed E-state index contributed by atoms with van der Waals surface area (Å²) in [6.07, 6.45) is 15.9. The Bertz CT molecular complexity index is 1220. The maximum absolute atomic E-state index is 2.37. The number of rotatable bonds is 3. The van der Waals surface area contributed by atoms with Gasteiger partial charge in [0.05, 0.1) is 0 Å². The second-order valence-electron chi connectivity index (χ2n) is 8.06. The number of hydrogen-bond donors (Lipinski definition) is 0. The third kappa shape index (κ3) is 2.31. The maximum atomic E-state index is 2.37. The maximum Gasteiger partial charge on any atom is 0.0234 e. The van der Waals surface area contributed by atoms with Crippen LogP contribution in [-0.2, 0) is 0 Å². The van der Waals surface area contributed by atoms with Crippen molar-refractivity contribution in [1.82, 2.24) is 0 Å². The Labute approximate surface area is 166 Å². The number of hydrogen-bond acceptors (Lipinski definition) is 0. The van der Waals surface area contributed by atoms with Crippen LogP contribution in [0.1, 0.15) is 29.9 Å². The average Bonchev–Trinajstić information content (AvgIpc) is 3.31. The van der Waals surface area contributed by atoms with Gasteiger partial charge in [-0.1, -0.05) is 103 Å². The first-order valence-electron chi connectivity index (χ1n) is 10.3. The molecule has 3 aromatic rings. The quantitative estimate of drug-likeness (QED) is 0.459. The second-order valence-corrected chi connectivity index (χ2v) is 8.06. The minimum absolute atomic E-state index is 0.490. The van der Waals surface area contributed by atoms with Crippen molar-refractivity contribution in [2.45, 2.75) is 18.8 Å². The van der Waals surface area contributed by atoms with Gasteiger partial charge in [-0.2, -0.15) is 0 Å². The summed E-state index contributed by atoms with van der Waals surface area (Å²) in [7, 11) is 0. The molecule has 134 valence electrons. The molecule has 0 fully saturated rings. The Hall–Kier alpha value is -3.12. The zero-order valence-electron chi connectivity index (χ0n) is 15.8. The zero-order chi connectivity index (χ0) is 18.5. The van der Waals surface area contributed by atoms with E-state index in [1.807, 2.05) is 0 Å². The van der Waals surface area contributed by atoms with Gasteiger partial charge in [0.25, 0.3) is 0 Å². The van der Waals surface area contributed by atoms with Crippen LogP contribution in [0.15, 0.2) is 108 Å². The van der Waals surface area contributed by atoms with Crippen molar-refractivity contribution in [3.8, 4) is 11.1 Å². The van der Waals surface area contributed by atoms with Crippen LogP contribution in [0.3, 0.4) is 0 Å². The number of allylic oxidation sites excluding steroid dienone is 8. The van der Waals surface area contributed by atoms with Crippen LogP contribution in [0.5, 0.6) is 0 Å². The van der Waals surface area contributed by atoms with E-state index in [-0.39, 0.29) is 0 Å². The SMILES string of the molecule is C1=CC2=CC=C(CCC3c4ccccc4-c4c3ccc3ccccc43)C2C=C1. The summed E-state index contributed by atoms with van der Waals surface area (Å²) >= 11 is 0. The molecule has 3 aliphatic carbocycles. The van der Waals surface area contributed by atoms with Gasteiger partial charge >= 0.3 is 0 Å². The third-order valence-electron chi connectivity index (χ3n) is 6.62. The van der Waals surface area contributed by atoms with Crippen LogP contribution in [-0.4, -0.2) is 0 Å². The monoisotopic (exact) mass is 358 g/mol. The largest absolute Gasteiger partial charge is 0.0730 e. The molecule has 0 nitrogen and oxygen atoms in total. The average molecular weight is 358 g/mol. The zero-order valence-corrected chi connectivity index (χ0v) is 15.8. The minimum Gasteiger partial charge on any atom is -0.0730 e. The van der Waals surface area contributed by atoms with Crippen LogP contribution < -0.4 is 0 Å². The fourth-order valence-electron chi connectivity index (χ4n) is 5.30. The Morgan fingerprint density at radius 3 is 2.64 bits per heavy atom. The molecule has 0 spiro atoms. The van der Waals surface area contributed by atoms with Crippen molar-refractivity contribution in [2.24, 2.45) is 5.92 Å². The van der Waals surface area contributed by atoms with Gasteiger partial charge in [0, 0.05) is 11.8 Å². The molecule has 3 aliphatic rings. The summed E-state index contributed by atoms with van der Waals surface area (Å²) in [4.78, 5) is 0. The molecule has 6 rings (SSSR count). The molecule has 0 radical (unpaired) electrons. The molecule has 0 heteroatoms. The molecule has 0 aromatic heterocycles. The van der Waals surface area contributed by atoms with Gasteiger partial charge in [0.15, 0.2) is 0 Å². The van der Waals surface area contributed by atoms with Gasteiger partial charge in [-0.3, -0.25) is 0 Å². The lowest BCUT2D eigenvalue weighted by molar-refractivity contribution is 0.694. The lowest BCUT2D eigenvalue weighted by atomic mass is 9.85. The van der Waals surface area contributed by atoms with E-state index in [1.165, 1.54) is 45.0 Å². The molecular weight excluding hydrogens is 336 g/mol. The number of benzene rings is 3. The molecule has 0 amide bonds. The van der Waals surface area contributed by atoms with Crippen LogP contribution in [0.4, 0.5) is 0 Å². The second kappa shape index (κ2) is 6.21. The Kier molecular flexibility index (Phi) is 3.52. The van der Waals surface area contributed by atoms with E-state index in [0.29, 0.717) is 11.8 Å². The van der Waals surface area contributed by atoms with Crippen molar-refractivity contribution in [1.29, 1.82) is 0 Å². The standard InChI is InChI=1S/C28H22/c1-3-9-22-19(7-1)13-14-21(22)15-17-25-24-11-5-6-12-26(24)28-23-10-4-2-8-20(23)16-18-27(25)28/h1-14,16,18,22,25H,15,17H2. The molecule has 2 atom stereocenters. The summed E-state index contributed by atoms with van der Waals surface area (Å²) in [6.45, 7) is 0. The smallest absolute Gasteiger partial charge is 0.0234 e. The summed E-state index contributed by atoms with van der Waals surface area (Å²) in [5.74, 6) is 0.988. The first-order valence-corrected chi connectivity index (χ1v) is 10.3. The van der Waals surface area contributed by atoms with Crippen LogP contribution in [0, 0.1) is 5.92 Å². The highest BCUT2D eigenvalue weighted by Crippen LogP contribution is 2.50. The van der Waals surface area contributed by atoms with Crippen LogP contribution in [0.2, 0.25) is 0 Å². The number of fused-ring (bicyclic) bond motifs is 6. The van der Waals surface area contributed by atoms with E-state index in [9.17, 15) is 0 Å².